The molecule has 2 N–H and O–H groups in total. The number of amides is 4. The number of benzene rings is 3. The summed E-state index contributed by atoms with van der Waals surface area (Å²) in [6, 6.07) is 6.12. The van der Waals surface area contributed by atoms with E-state index in [1.165, 1.54) is 53.7 Å². The average molecular weight is 832 g/mol. The largest absolute Gasteiger partial charge is 0.443 e. The molecule has 3 aromatic carbocycles. The van der Waals surface area contributed by atoms with Gasteiger partial charge in [0.1, 0.15) is 27.0 Å². The SMILES string of the molecule is CC(C)(C)OC(=O)N(C(=O)OC(C)(C)C)c1c(F)ccc(NC(=O)c2cc(NC(=O)[C@H]3[C@H](c4cc(Cl)c(Cl)c(Cl)c4)C3(Cl)Cl)cc(F)c2Cl)c1F. The number of rotatable bonds is 6. The van der Waals surface area contributed by atoms with Gasteiger partial charge in [0.05, 0.1) is 37.3 Å². The van der Waals surface area contributed by atoms with Crippen molar-refractivity contribution >= 4 is 111 Å². The van der Waals surface area contributed by atoms with Gasteiger partial charge in [-0.2, -0.15) is 4.90 Å². The van der Waals surface area contributed by atoms with Gasteiger partial charge in [0, 0.05) is 11.6 Å². The Hall–Kier alpha value is -3.13. The Morgan fingerprint density at radius 1 is 0.765 bits per heavy atom. The number of nitrogens with one attached hydrogen (secondary N) is 2. The summed E-state index contributed by atoms with van der Waals surface area (Å²) in [6.07, 6.45) is -2.96. The van der Waals surface area contributed by atoms with Crippen molar-refractivity contribution in [3.8, 4) is 0 Å². The molecule has 4 amide bonds. The Balaban J connectivity index is 1.64. The molecule has 0 aliphatic heterocycles. The van der Waals surface area contributed by atoms with Crippen molar-refractivity contribution in [3.05, 3.63) is 85.1 Å². The van der Waals surface area contributed by atoms with Gasteiger partial charge in [0.15, 0.2) is 11.6 Å². The van der Waals surface area contributed by atoms with Crippen LogP contribution in [0.4, 0.5) is 39.8 Å². The summed E-state index contributed by atoms with van der Waals surface area (Å²) in [5.41, 5.74) is -4.86. The second-order valence-corrected chi connectivity index (χ2v) is 16.3. The molecule has 0 radical (unpaired) electrons. The maximum absolute atomic E-state index is 16.0. The molecule has 1 saturated carbocycles. The van der Waals surface area contributed by atoms with E-state index in [9.17, 15) is 23.6 Å². The first kappa shape index (κ1) is 40.6. The zero-order valence-electron chi connectivity index (χ0n) is 27.4. The van der Waals surface area contributed by atoms with Crippen LogP contribution in [0.25, 0.3) is 0 Å². The molecule has 0 unspecified atom stereocenters. The van der Waals surface area contributed by atoms with Gasteiger partial charge in [0.25, 0.3) is 5.91 Å². The molecule has 0 spiro atoms. The monoisotopic (exact) mass is 829 g/mol. The smallest absolute Gasteiger partial charge is 0.424 e. The van der Waals surface area contributed by atoms with Crippen molar-refractivity contribution in [2.24, 2.45) is 5.92 Å². The number of carbonyl (C=O) groups is 4. The van der Waals surface area contributed by atoms with E-state index in [4.69, 9.17) is 79.1 Å². The molecule has 3 aromatic rings. The molecule has 18 heteroatoms. The minimum absolute atomic E-state index is 0.00445. The topological polar surface area (TPSA) is 114 Å². The molecule has 0 heterocycles. The van der Waals surface area contributed by atoms with Crippen LogP contribution in [0.5, 0.6) is 0 Å². The van der Waals surface area contributed by atoms with E-state index >= 15 is 8.78 Å². The summed E-state index contributed by atoms with van der Waals surface area (Å²) >= 11 is 37.1. The van der Waals surface area contributed by atoms with Crippen molar-refractivity contribution in [1.82, 2.24) is 0 Å². The molecule has 0 bridgehead atoms. The van der Waals surface area contributed by atoms with Gasteiger partial charge >= 0.3 is 12.2 Å². The maximum Gasteiger partial charge on any atom is 0.424 e. The van der Waals surface area contributed by atoms with Gasteiger partial charge in [-0.25, -0.2) is 22.8 Å². The fraction of sp³-hybridized carbons (Fsp3) is 0.333. The number of ether oxygens (including phenoxy) is 2. The highest BCUT2D eigenvalue weighted by atomic mass is 35.5. The fourth-order valence-corrected chi connectivity index (χ4v) is 6.41. The fourth-order valence-electron chi connectivity index (χ4n) is 4.77. The van der Waals surface area contributed by atoms with E-state index in [1.807, 2.05) is 0 Å². The Bertz CT molecular complexity index is 1900. The number of hydrogen-bond donors (Lipinski definition) is 2. The first-order valence-electron chi connectivity index (χ1n) is 14.7. The standard InChI is InChI=1S/C33H28Cl6F3N3O6/c1-31(2,3)50-29(48)45(30(49)51-32(4,5)6)26-18(40)7-8-20(25(26)42)44-27(46)15-11-14(12-19(41)23(15)36)43-28(47)22-21(33(22,38)39)13-9-16(34)24(37)17(35)10-13/h7-12,21-22H,1-6H3,(H,43,47)(H,44,46)/t21-,22+/m0/s1. The van der Waals surface area contributed by atoms with Crippen molar-refractivity contribution in [1.29, 1.82) is 0 Å². The molecule has 51 heavy (non-hydrogen) atoms. The van der Waals surface area contributed by atoms with Crippen molar-refractivity contribution in [3.63, 3.8) is 0 Å². The second kappa shape index (κ2) is 14.7. The molecule has 9 nitrogen and oxygen atoms in total. The van der Waals surface area contributed by atoms with Crippen LogP contribution in [0.1, 0.15) is 63.4 Å². The van der Waals surface area contributed by atoms with E-state index < -0.39 is 90.8 Å². The van der Waals surface area contributed by atoms with Crippen LogP contribution in [0.2, 0.25) is 20.1 Å². The first-order valence-corrected chi connectivity index (χ1v) is 17.0. The van der Waals surface area contributed by atoms with Crippen molar-refractivity contribution < 1.29 is 41.8 Å². The summed E-state index contributed by atoms with van der Waals surface area (Å²) in [6.45, 7) is 8.73. The average Bonchev–Trinajstić information content (AvgIpc) is 3.56. The highest BCUT2D eigenvalue weighted by Gasteiger charge is 2.67. The molecule has 4 rings (SSSR count). The lowest BCUT2D eigenvalue weighted by molar-refractivity contribution is -0.117. The van der Waals surface area contributed by atoms with Crippen LogP contribution < -0.4 is 15.5 Å². The number of imide groups is 1. The van der Waals surface area contributed by atoms with Gasteiger partial charge in [-0.1, -0.05) is 46.4 Å². The summed E-state index contributed by atoms with van der Waals surface area (Å²) in [5.74, 6) is -8.05. The predicted octanol–water partition coefficient (Wildman–Crippen LogP) is 11.2. The molecule has 1 fully saturated rings. The van der Waals surface area contributed by atoms with Gasteiger partial charge < -0.3 is 20.1 Å². The molecule has 1 aliphatic carbocycles. The Morgan fingerprint density at radius 3 is 1.80 bits per heavy atom. The number of nitrogens with zero attached hydrogens (tertiary/aromatic N) is 1. The number of carbonyl (C=O) groups excluding carboxylic acids is 4. The second-order valence-electron chi connectivity index (χ2n) is 13.2. The van der Waals surface area contributed by atoms with E-state index in [0.717, 1.165) is 18.2 Å². The lowest BCUT2D eigenvalue weighted by Gasteiger charge is -2.29. The summed E-state index contributed by atoms with van der Waals surface area (Å²) in [4.78, 5) is 52.7. The zero-order chi connectivity index (χ0) is 38.5. The van der Waals surface area contributed by atoms with Crippen molar-refractivity contribution in [2.75, 3.05) is 15.5 Å². The van der Waals surface area contributed by atoms with Gasteiger partial charge in [-0.15, -0.1) is 23.2 Å². The van der Waals surface area contributed by atoms with Crippen LogP contribution in [0.3, 0.4) is 0 Å². The maximum atomic E-state index is 16.0. The number of alkyl halides is 2. The normalized spacial score (nSPS) is 16.6. The highest BCUT2D eigenvalue weighted by Crippen LogP contribution is 2.65. The summed E-state index contributed by atoms with van der Waals surface area (Å²) in [5, 5.41) is 4.08. The molecular weight excluding hydrogens is 804 g/mol. The van der Waals surface area contributed by atoms with Gasteiger partial charge in [-0.3, -0.25) is 9.59 Å². The number of hydrogen-bond acceptors (Lipinski definition) is 6. The van der Waals surface area contributed by atoms with Crippen LogP contribution in [0, 0.1) is 23.4 Å². The Morgan fingerprint density at radius 2 is 1.29 bits per heavy atom. The zero-order valence-corrected chi connectivity index (χ0v) is 32.0. The molecular formula is C33H28Cl6F3N3O6. The lowest BCUT2D eigenvalue weighted by atomic mass is 10.1. The Labute approximate surface area is 320 Å². The minimum Gasteiger partial charge on any atom is -0.443 e. The van der Waals surface area contributed by atoms with Crippen LogP contribution >= 0.6 is 69.6 Å². The van der Waals surface area contributed by atoms with Crippen LogP contribution in [-0.4, -0.2) is 39.5 Å². The molecule has 274 valence electrons. The highest BCUT2D eigenvalue weighted by molar-refractivity contribution is 6.54. The third kappa shape index (κ3) is 9.09. The molecule has 2 atom stereocenters. The third-order valence-electron chi connectivity index (χ3n) is 6.93. The Kier molecular flexibility index (Phi) is 11.7. The van der Waals surface area contributed by atoms with Crippen LogP contribution in [-0.2, 0) is 14.3 Å². The van der Waals surface area contributed by atoms with E-state index in [2.05, 4.69) is 10.6 Å². The quantitative estimate of drug-likeness (QED) is 0.189. The number of halogens is 9. The van der Waals surface area contributed by atoms with E-state index in [1.54, 1.807) is 0 Å². The van der Waals surface area contributed by atoms with E-state index in [0.29, 0.717) is 11.6 Å². The first-order chi connectivity index (χ1) is 23.3. The van der Waals surface area contributed by atoms with Gasteiger partial charge in [0.2, 0.25) is 5.91 Å². The predicted molar refractivity (Wildman–Crippen MR) is 191 cm³/mol. The van der Waals surface area contributed by atoms with Gasteiger partial charge in [-0.05, 0) is 83.5 Å². The van der Waals surface area contributed by atoms with E-state index in [-0.39, 0.29) is 25.7 Å². The molecule has 0 saturated heterocycles. The van der Waals surface area contributed by atoms with Crippen LogP contribution in [0.15, 0.2) is 36.4 Å². The lowest BCUT2D eigenvalue weighted by Crippen LogP contribution is -2.44. The molecule has 1 aliphatic rings. The third-order valence-corrected chi connectivity index (χ3v) is 9.45. The van der Waals surface area contributed by atoms with Crippen molar-refractivity contribution in [2.45, 2.75) is 63.0 Å². The minimum atomic E-state index is -1.62. The summed E-state index contributed by atoms with van der Waals surface area (Å²) < 4.78 is 54.9. The summed E-state index contributed by atoms with van der Waals surface area (Å²) in [7, 11) is 0. The molecule has 0 aromatic heterocycles. The number of anilines is 3.